The van der Waals surface area contributed by atoms with Gasteiger partial charge >= 0.3 is 0 Å². The number of nitrogens with one attached hydrogen (secondary N) is 1. The lowest BCUT2D eigenvalue weighted by molar-refractivity contribution is 0.216. The van der Waals surface area contributed by atoms with Gasteiger partial charge in [0.25, 0.3) is 0 Å². The summed E-state index contributed by atoms with van der Waals surface area (Å²) in [5.74, 6) is 2.26. The fourth-order valence-corrected chi connectivity index (χ4v) is 2.36. The van der Waals surface area contributed by atoms with Crippen molar-refractivity contribution in [1.29, 1.82) is 0 Å². The zero-order valence-electron chi connectivity index (χ0n) is 10.9. The summed E-state index contributed by atoms with van der Waals surface area (Å²) in [5.41, 5.74) is 1.32. The molecule has 1 saturated heterocycles. The first-order chi connectivity index (χ1) is 8.27. The summed E-state index contributed by atoms with van der Waals surface area (Å²) in [5, 5.41) is 3.43. The number of hydrogen-bond donors (Lipinski definition) is 1. The SMILES string of the molecule is CC(C)c1ccccc1OCC1CCCNC1. The summed E-state index contributed by atoms with van der Waals surface area (Å²) >= 11 is 0. The van der Waals surface area contributed by atoms with E-state index >= 15 is 0 Å². The van der Waals surface area contributed by atoms with E-state index in [1.54, 1.807) is 0 Å². The molecule has 0 aliphatic carbocycles. The largest absolute Gasteiger partial charge is 0.493 e. The lowest BCUT2D eigenvalue weighted by atomic mass is 10.00. The van der Waals surface area contributed by atoms with Gasteiger partial charge in [0.05, 0.1) is 6.61 Å². The predicted octanol–water partition coefficient (Wildman–Crippen LogP) is 3.19. The Hall–Kier alpha value is -1.02. The van der Waals surface area contributed by atoms with E-state index in [1.807, 2.05) is 0 Å². The monoisotopic (exact) mass is 233 g/mol. The Morgan fingerprint density at radius 3 is 2.88 bits per heavy atom. The van der Waals surface area contributed by atoms with Gasteiger partial charge in [0, 0.05) is 12.5 Å². The molecule has 2 heteroatoms. The topological polar surface area (TPSA) is 21.3 Å². The van der Waals surface area contributed by atoms with Crippen LogP contribution in [0.25, 0.3) is 0 Å². The molecule has 1 aliphatic heterocycles. The van der Waals surface area contributed by atoms with Gasteiger partial charge < -0.3 is 10.1 Å². The van der Waals surface area contributed by atoms with Crippen LogP contribution >= 0.6 is 0 Å². The Bertz CT molecular complexity index is 343. The summed E-state index contributed by atoms with van der Waals surface area (Å²) in [4.78, 5) is 0. The normalized spacial score (nSPS) is 20.5. The van der Waals surface area contributed by atoms with E-state index in [2.05, 4.69) is 43.4 Å². The van der Waals surface area contributed by atoms with E-state index in [9.17, 15) is 0 Å². The highest BCUT2D eigenvalue weighted by molar-refractivity contribution is 5.35. The quantitative estimate of drug-likeness (QED) is 0.862. The molecule has 0 aromatic heterocycles. The number of rotatable bonds is 4. The Morgan fingerprint density at radius 2 is 2.18 bits per heavy atom. The predicted molar refractivity (Wildman–Crippen MR) is 71.6 cm³/mol. The van der Waals surface area contributed by atoms with Crippen molar-refractivity contribution in [3.05, 3.63) is 29.8 Å². The molecular formula is C15H23NO. The molecular weight excluding hydrogens is 210 g/mol. The third-order valence-electron chi connectivity index (χ3n) is 3.41. The minimum Gasteiger partial charge on any atom is -0.493 e. The maximum atomic E-state index is 6.00. The average molecular weight is 233 g/mol. The van der Waals surface area contributed by atoms with Gasteiger partial charge in [-0.15, -0.1) is 0 Å². The van der Waals surface area contributed by atoms with E-state index in [0.717, 1.165) is 18.9 Å². The van der Waals surface area contributed by atoms with E-state index in [-0.39, 0.29) is 0 Å². The van der Waals surface area contributed by atoms with Gasteiger partial charge in [-0.3, -0.25) is 0 Å². The molecule has 0 amide bonds. The fourth-order valence-electron chi connectivity index (χ4n) is 2.36. The molecule has 1 unspecified atom stereocenters. The van der Waals surface area contributed by atoms with Crippen LogP contribution in [0.5, 0.6) is 5.75 Å². The number of ether oxygens (including phenoxy) is 1. The van der Waals surface area contributed by atoms with Crippen LogP contribution < -0.4 is 10.1 Å². The third kappa shape index (κ3) is 3.47. The lowest BCUT2D eigenvalue weighted by Gasteiger charge is -2.23. The standard InChI is InChI=1S/C15H23NO/c1-12(2)14-7-3-4-8-15(14)17-11-13-6-5-9-16-10-13/h3-4,7-8,12-13,16H,5-6,9-11H2,1-2H3. The van der Waals surface area contributed by atoms with Crippen LogP contribution in [0.15, 0.2) is 24.3 Å². The maximum absolute atomic E-state index is 6.00. The van der Waals surface area contributed by atoms with Crippen LogP contribution in [0.3, 0.4) is 0 Å². The first-order valence-corrected chi connectivity index (χ1v) is 6.70. The van der Waals surface area contributed by atoms with E-state index in [4.69, 9.17) is 4.74 Å². The van der Waals surface area contributed by atoms with Crippen molar-refractivity contribution in [3.8, 4) is 5.75 Å². The molecule has 0 saturated carbocycles. The maximum Gasteiger partial charge on any atom is 0.122 e. The molecule has 1 aromatic rings. The van der Waals surface area contributed by atoms with Crippen LogP contribution in [0.4, 0.5) is 0 Å². The van der Waals surface area contributed by atoms with Crippen molar-refractivity contribution in [2.45, 2.75) is 32.6 Å². The molecule has 17 heavy (non-hydrogen) atoms. The first-order valence-electron chi connectivity index (χ1n) is 6.70. The summed E-state index contributed by atoms with van der Waals surface area (Å²) < 4.78 is 6.00. The summed E-state index contributed by atoms with van der Waals surface area (Å²) in [6, 6.07) is 8.40. The summed E-state index contributed by atoms with van der Waals surface area (Å²) in [6.45, 7) is 7.54. The van der Waals surface area contributed by atoms with Gasteiger partial charge in [-0.2, -0.15) is 0 Å². The van der Waals surface area contributed by atoms with Gasteiger partial charge in [0.15, 0.2) is 0 Å². The molecule has 0 bridgehead atoms. The zero-order valence-corrected chi connectivity index (χ0v) is 10.9. The molecule has 1 heterocycles. The van der Waals surface area contributed by atoms with Crippen molar-refractivity contribution in [3.63, 3.8) is 0 Å². The van der Waals surface area contributed by atoms with Crippen molar-refractivity contribution >= 4 is 0 Å². The third-order valence-corrected chi connectivity index (χ3v) is 3.41. The van der Waals surface area contributed by atoms with Crippen LogP contribution in [-0.2, 0) is 0 Å². The van der Waals surface area contributed by atoms with Crippen LogP contribution in [-0.4, -0.2) is 19.7 Å². The van der Waals surface area contributed by atoms with Crippen molar-refractivity contribution in [1.82, 2.24) is 5.32 Å². The molecule has 1 atom stereocenters. The van der Waals surface area contributed by atoms with Crippen molar-refractivity contribution < 1.29 is 4.74 Å². The Labute approximate surface area is 104 Å². The highest BCUT2D eigenvalue weighted by Gasteiger charge is 2.14. The molecule has 0 spiro atoms. The number of benzene rings is 1. The van der Waals surface area contributed by atoms with Gasteiger partial charge in [-0.05, 0) is 36.9 Å². The molecule has 2 rings (SSSR count). The molecule has 2 nitrogen and oxygen atoms in total. The second kappa shape index (κ2) is 6.06. The molecule has 1 aliphatic rings. The molecule has 0 radical (unpaired) electrons. The highest BCUT2D eigenvalue weighted by atomic mass is 16.5. The zero-order chi connectivity index (χ0) is 12.1. The van der Waals surface area contributed by atoms with Crippen molar-refractivity contribution in [2.24, 2.45) is 5.92 Å². The lowest BCUT2D eigenvalue weighted by Crippen LogP contribution is -2.33. The Morgan fingerprint density at radius 1 is 1.35 bits per heavy atom. The Balaban J connectivity index is 1.93. The molecule has 1 fully saturated rings. The number of para-hydroxylation sites is 1. The second-order valence-electron chi connectivity index (χ2n) is 5.22. The average Bonchev–Trinajstić information content (AvgIpc) is 2.38. The highest BCUT2D eigenvalue weighted by Crippen LogP contribution is 2.26. The second-order valence-corrected chi connectivity index (χ2v) is 5.22. The molecule has 1 aromatic carbocycles. The Kier molecular flexibility index (Phi) is 4.43. The van der Waals surface area contributed by atoms with Crippen molar-refractivity contribution in [2.75, 3.05) is 19.7 Å². The fraction of sp³-hybridized carbons (Fsp3) is 0.600. The van der Waals surface area contributed by atoms with E-state index in [0.29, 0.717) is 11.8 Å². The minimum absolute atomic E-state index is 0.524. The summed E-state index contributed by atoms with van der Waals surface area (Å²) in [7, 11) is 0. The van der Waals surface area contributed by atoms with Gasteiger partial charge in [0.2, 0.25) is 0 Å². The van der Waals surface area contributed by atoms with Crippen LogP contribution in [0, 0.1) is 5.92 Å². The van der Waals surface area contributed by atoms with Gasteiger partial charge in [-0.1, -0.05) is 32.0 Å². The van der Waals surface area contributed by atoms with Crippen LogP contribution in [0.2, 0.25) is 0 Å². The van der Waals surface area contributed by atoms with Gasteiger partial charge in [-0.25, -0.2) is 0 Å². The molecule has 94 valence electrons. The van der Waals surface area contributed by atoms with E-state index < -0.39 is 0 Å². The summed E-state index contributed by atoms with van der Waals surface area (Å²) in [6.07, 6.45) is 2.57. The smallest absolute Gasteiger partial charge is 0.122 e. The number of hydrogen-bond acceptors (Lipinski definition) is 2. The van der Waals surface area contributed by atoms with E-state index in [1.165, 1.54) is 24.9 Å². The minimum atomic E-state index is 0.524. The molecule has 1 N–H and O–H groups in total. The first kappa shape index (κ1) is 12.4. The number of piperidine rings is 1. The van der Waals surface area contributed by atoms with Crippen LogP contribution in [0.1, 0.15) is 38.2 Å². The van der Waals surface area contributed by atoms with Gasteiger partial charge in [0.1, 0.15) is 5.75 Å².